The Hall–Kier alpha value is -3.53. The normalized spacial score (nSPS) is 11.9. The Labute approximate surface area is 248 Å². The molecule has 0 saturated heterocycles. The number of nitrogens with one attached hydrogen (secondary N) is 1. The number of rotatable bonds is 14. The van der Waals surface area contributed by atoms with E-state index in [4.69, 9.17) is 16.3 Å². The summed E-state index contributed by atoms with van der Waals surface area (Å²) in [6.07, 6.45) is -4.37. The largest absolute Gasteiger partial charge is 0.493 e. The van der Waals surface area contributed by atoms with E-state index >= 15 is 0 Å². The molecule has 0 atom stereocenters. The Kier molecular flexibility index (Phi) is 11.1. The first-order valence-corrected chi connectivity index (χ1v) is 14.3. The van der Waals surface area contributed by atoms with Crippen LogP contribution in [0.5, 0.6) is 5.75 Å². The molecule has 0 aliphatic carbocycles. The molecule has 0 fully saturated rings. The summed E-state index contributed by atoms with van der Waals surface area (Å²) in [5.41, 5.74) is 0.353. The molecule has 7 nitrogen and oxygen atoms in total. The van der Waals surface area contributed by atoms with Gasteiger partial charge in [0.2, 0.25) is 5.91 Å². The zero-order valence-electron chi connectivity index (χ0n) is 24.3. The number of carbonyl (C=O) groups excluding carboxylic acids is 2. The van der Waals surface area contributed by atoms with Gasteiger partial charge in [-0.2, -0.15) is 13.2 Å². The van der Waals surface area contributed by atoms with E-state index in [0.717, 1.165) is 0 Å². The number of Topliss-reactive ketones (excluding diaryl/α,β-unsaturated/α-hetero) is 1. The van der Waals surface area contributed by atoms with Gasteiger partial charge >= 0.3 is 6.18 Å². The number of aromatic nitrogens is 2. The fourth-order valence-corrected chi connectivity index (χ4v) is 5.00. The van der Waals surface area contributed by atoms with E-state index in [1.807, 2.05) is 20.8 Å². The first kappa shape index (κ1) is 33.0. The molecule has 0 saturated carbocycles. The fourth-order valence-electron chi connectivity index (χ4n) is 4.83. The van der Waals surface area contributed by atoms with Crippen molar-refractivity contribution in [3.63, 3.8) is 0 Å². The summed E-state index contributed by atoms with van der Waals surface area (Å²) in [5, 5.41) is 3.15. The van der Waals surface area contributed by atoms with Crippen LogP contribution < -0.4 is 15.6 Å². The number of benzene rings is 2. The van der Waals surface area contributed by atoms with Gasteiger partial charge in [-0.05, 0) is 68.4 Å². The number of ether oxygens (including phenoxy) is 1. The molecule has 42 heavy (non-hydrogen) atoms. The minimum atomic E-state index is -4.26. The van der Waals surface area contributed by atoms with Gasteiger partial charge in [0, 0.05) is 31.3 Å². The number of halogens is 4. The summed E-state index contributed by atoms with van der Waals surface area (Å²) < 4.78 is 46.6. The maximum absolute atomic E-state index is 13.5. The van der Waals surface area contributed by atoms with Crippen LogP contribution in [0.3, 0.4) is 0 Å². The zero-order chi connectivity index (χ0) is 31.1. The molecule has 0 radical (unpaired) electrons. The fraction of sp³-hybridized carbons (Fsp3) is 0.452. The molecule has 0 spiro atoms. The highest BCUT2D eigenvalue weighted by Crippen LogP contribution is 2.31. The highest BCUT2D eigenvalue weighted by Gasteiger charge is 2.28. The number of ketones is 1. The molecule has 1 heterocycles. The van der Waals surface area contributed by atoms with Gasteiger partial charge in [0.25, 0.3) is 5.56 Å². The van der Waals surface area contributed by atoms with Gasteiger partial charge in [0.05, 0.1) is 23.6 Å². The maximum atomic E-state index is 13.5. The first-order valence-electron chi connectivity index (χ1n) is 13.9. The Morgan fingerprint density at radius 3 is 2.36 bits per heavy atom. The molecule has 1 amide bonds. The second-order valence-electron chi connectivity index (χ2n) is 11.0. The molecular formula is C31H37ClF3N3O4. The van der Waals surface area contributed by atoms with Crippen LogP contribution in [0.4, 0.5) is 18.9 Å². The van der Waals surface area contributed by atoms with E-state index in [9.17, 15) is 27.6 Å². The monoisotopic (exact) mass is 607 g/mol. The quantitative estimate of drug-likeness (QED) is 0.152. The Balaban J connectivity index is 1.76. The molecule has 0 unspecified atom stereocenters. The third kappa shape index (κ3) is 8.98. The number of hydrogen-bond donors (Lipinski definition) is 1. The Morgan fingerprint density at radius 2 is 1.71 bits per heavy atom. The van der Waals surface area contributed by atoms with Crippen molar-refractivity contribution in [3.8, 4) is 11.4 Å². The standard InChI is InChI=1S/C31H37ClF3N3O4/c1-5-42-26-15-14-21(32)19-23(26)25(39)16-18-30(2,3)20-27(40)36-28-24(13-9-10-17-31(33,34)35)37(4)38(29(28)41)22-11-7-6-8-12-22/h6-8,11-12,14-15,19H,5,9-10,13,16-18,20H2,1-4H3,(H,36,40). The van der Waals surface area contributed by atoms with Crippen molar-refractivity contribution in [2.24, 2.45) is 12.5 Å². The molecule has 11 heteroatoms. The lowest BCUT2D eigenvalue weighted by atomic mass is 9.82. The lowest BCUT2D eigenvalue weighted by Crippen LogP contribution is -2.26. The second kappa shape index (κ2) is 14.1. The third-order valence-electron chi connectivity index (χ3n) is 6.98. The van der Waals surface area contributed by atoms with Crippen LogP contribution in [0.1, 0.15) is 75.3 Å². The van der Waals surface area contributed by atoms with Gasteiger partial charge in [-0.15, -0.1) is 0 Å². The van der Waals surface area contributed by atoms with Crippen LogP contribution in [-0.2, 0) is 18.3 Å². The number of nitrogens with zero attached hydrogens (tertiary/aromatic N) is 2. The highest BCUT2D eigenvalue weighted by atomic mass is 35.5. The van der Waals surface area contributed by atoms with Gasteiger partial charge in [-0.3, -0.25) is 19.1 Å². The molecule has 0 aliphatic rings. The summed E-state index contributed by atoms with van der Waals surface area (Å²) in [6.45, 7) is 5.92. The predicted octanol–water partition coefficient (Wildman–Crippen LogP) is 7.52. The summed E-state index contributed by atoms with van der Waals surface area (Å²) in [4.78, 5) is 39.7. The van der Waals surface area contributed by atoms with Crippen LogP contribution in [0.25, 0.3) is 5.69 Å². The number of anilines is 1. The number of amides is 1. The average molecular weight is 608 g/mol. The molecule has 0 aliphatic heterocycles. The van der Waals surface area contributed by atoms with Crippen molar-refractivity contribution in [1.29, 1.82) is 0 Å². The van der Waals surface area contributed by atoms with Crippen molar-refractivity contribution in [2.75, 3.05) is 11.9 Å². The van der Waals surface area contributed by atoms with Crippen molar-refractivity contribution in [2.45, 2.75) is 71.9 Å². The number of hydrogen-bond acceptors (Lipinski definition) is 4. The number of para-hydroxylation sites is 1. The second-order valence-corrected chi connectivity index (χ2v) is 11.4. The molecule has 0 bridgehead atoms. The lowest BCUT2D eigenvalue weighted by molar-refractivity contribution is -0.135. The van der Waals surface area contributed by atoms with Crippen LogP contribution in [0, 0.1) is 5.41 Å². The van der Waals surface area contributed by atoms with E-state index < -0.39 is 29.5 Å². The average Bonchev–Trinajstić information content (AvgIpc) is 3.14. The minimum absolute atomic E-state index is 0.0152. The van der Waals surface area contributed by atoms with Gasteiger partial charge in [0.15, 0.2) is 5.78 Å². The van der Waals surface area contributed by atoms with E-state index in [1.54, 1.807) is 60.3 Å². The number of alkyl halides is 3. The van der Waals surface area contributed by atoms with Crippen LogP contribution in [0.2, 0.25) is 5.02 Å². The maximum Gasteiger partial charge on any atom is 0.389 e. The Morgan fingerprint density at radius 1 is 1.02 bits per heavy atom. The van der Waals surface area contributed by atoms with Gasteiger partial charge < -0.3 is 10.1 Å². The molecule has 2 aromatic carbocycles. The smallest absolute Gasteiger partial charge is 0.389 e. The van der Waals surface area contributed by atoms with Crippen LogP contribution in [0.15, 0.2) is 53.3 Å². The number of carbonyl (C=O) groups is 2. The summed E-state index contributed by atoms with van der Waals surface area (Å²) >= 11 is 6.09. The minimum Gasteiger partial charge on any atom is -0.493 e. The summed E-state index contributed by atoms with van der Waals surface area (Å²) in [7, 11) is 1.64. The highest BCUT2D eigenvalue weighted by molar-refractivity contribution is 6.31. The van der Waals surface area contributed by atoms with Crippen LogP contribution in [-0.4, -0.2) is 33.8 Å². The summed E-state index contributed by atoms with van der Waals surface area (Å²) in [6, 6.07) is 13.7. The van der Waals surface area contributed by atoms with Crippen molar-refractivity contribution < 1.29 is 27.5 Å². The van der Waals surface area contributed by atoms with Crippen molar-refractivity contribution in [1.82, 2.24) is 9.36 Å². The SMILES string of the molecule is CCOc1ccc(Cl)cc1C(=O)CCC(C)(C)CC(=O)Nc1c(CCCCC(F)(F)F)n(C)n(-c2ccccc2)c1=O. The third-order valence-corrected chi connectivity index (χ3v) is 7.22. The van der Waals surface area contributed by atoms with E-state index in [2.05, 4.69) is 5.32 Å². The van der Waals surface area contributed by atoms with Crippen molar-refractivity contribution in [3.05, 3.63) is 75.2 Å². The lowest BCUT2D eigenvalue weighted by Gasteiger charge is -2.23. The van der Waals surface area contributed by atoms with Crippen molar-refractivity contribution >= 4 is 29.0 Å². The predicted molar refractivity (Wildman–Crippen MR) is 158 cm³/mol. The Bertz CT molecular complexity index is 1450. The van der Waals surface area contributed by atoms with Gasteiger partial charge in [-0.25, -0.2) is 4.68 Å². The van der Waals surface area contributed by atoms with E-state index in [1.165, 1.54) is 4.68 Å². The molecular weight excluding hydrogens is 571 g/mol. The van der Waals surface area contributed by atoms with Crippen LogP contribution >= 0.6 is 11.6 Å². The van der Waals surface area contributed by atoms with Gasteiger partial charge in [0.1, 0.15) is 11.4 Å². The molecule has 3 rings (SSSR count). The first-order chi connectivity index (χ1) is 19.7. The zero-order valence-corrected chi connectivity index (χ0v) is 25.1. The van der Waals surface area contributed by atoms with Gasteiger partial charge in [-0.1, -0.05) is 43.6 Å². The van der Waals surface area contributed by atoms with E-state index in [-0.39, 0.29) is 43.6 Å². The summed E-state index contributed by atoms with van der Waals surface area (Å²) in [5.74, 6) is -0.141. The number of unbranched alkanes of at least 4 members (excludes halogenated alkanes) is 1. The molecule has 1 aromatic heterocycles. The molecule has 3 aromatic rings. The topological polar surface area (TPSA) is 82.3 Å². The molecule has 1 N–H and O–H groups in total. The van der Waals surface area contributed by atoms with E-state index in [0.29, 0.717) is 40.7 Å². The molecule has 228 valence electrons.